The molecule has 0 saturated carbocycles. The second-order valence-corrected chi connectivity index (χ2v) is 5.22. The van der Waals surface area contributed by atoms with Crippen LogP contribution in [0.25, 0.3) is 10.9 Å². The van der Waals surface area contributed by atoms with Crippen LogP contribution in [-0.4, -0.2) is 9.78 Å². The Kier molecular flexibility index (Phi) is 3.22. The van der Waals surface area contributed by atoms with Crippen LogP contribution in [0.2, 0.25) is 0 Å². The smallest absolute Gasteiger partial charge is 0.131 e. The van der Waals surface area contributed by atoms with E-state index in [1.54, 1.807) is 28.9 Å². The van der Waals surface area contributed by atoms with E-state index in [0.29, 0.717) is 15.8 Å². The number of nitrogens with zero attached hydrogens (tertiary/aromatic N) is 2. The van der Waals surface area contributed by atoms with Gasteiger partial charge in [-0.15, -0.1) is 0 Å². The fourth-order valence-electron chi connectivity index (χ4n) is 2.02. The van der Waals surface area contributed by atoms with Crippen molar-refractivity contribution in [2.45, 2.75) is 6.54 Å². The van der Waals surface area contributed by atoms with Gasteiger partial charge in [-0.1, -0.05) is 18.2 Å². The number of hydrogen-bond acceptors (Lipinski definition) is 1. The van der Waals surface area contributed by atoms with E-state index in [0.717, 1.165) is 10.9 Å². The van der Waals surface area contributed by atoms with Crippen molar-refractivity contribution in [3.8, 4) is 0 Å². The summed E-state index contributed by atoms with van der Waals surface area (Å²) in [6.45, 7) is 0.331. The van der Waals surface area contributed by atoms with Crippen LogP contribution in [0.15, 0.2) is 42.5 Å². The highest BCUT2D eigenvalue weighted by atomic mass is 127. The third kappa shape index (κ3) is 2.34. The molecular weight excluding hydrogens is 361 g/mol. The zero-order valence-electron chi connectivity index (χ0n) is 9.78. The molecule has 0 fully saturated rings. The maximum atomic E-state index is 13.6. The lowest BCUT2D eigenvalue weighted by Crippen LogP contribution is -2.03. The van der Waals surface area contributed by atoms with Gasteiger partial charge >= 0.3 is 0 Å². The molecule has 0 aliphatic carbocycles. The second kappa shape index (κ2) is 4.88. The number of fused-ring (bicyclic) bond motifs is 1. The Balaban J connectivity index is 2.09. The molecule has 0 aliphatic heterocycles. The minimum Gasteiger partial charge on any atom is -0.259 e. The number of hydrogen-bond donors (Lipinski definition) is 0. The molecule has 2 aromatic carbocycles. The summed E-state index contributed by atoms with van der Waals surface area (Å²) in [5, 5.41) is 5.08. The SMILES string of the molecule is Fc1ccc2c(c1)c(I)nn2Cc1ccccc1F. The van der Waals surface area contributed by atoms with Crippen molar-refractivity contribution in [3.63, 3.8) is 0 Å². The Morgan fingerprint density at radius 1 is 1.11 bits per heavy atom. The van der Waals surface area contributed by atoms with Gasteiger partial charge in [0.1, 0.15) is 15.3 Å². The summed E-state index contributed by atoms with van der Waals surface area (Å²) in [6, 6.07) is 11.1. The highest BCUT2D eigenvalue weighted by molar-refractivity contribution is 14.1. The minimum atomic E-state index is -0.296. The van der Waals surface area contributed by atoms with Crippen molar-refractivity contribution < 1.29 is 8.78 Å². The molecule has 0 N–H and O–H groups in total. The third-order valence-corrected chi connectivity index (χ3v) is 3.74. The van der Waals surface area contributed by atoms with Crippen molar-refractivity contribution >= 4 is 33.5 Å². The molecule has 19 heavy (non-hydrogen) atoms. The van der Waals surface area contributed by atoms with Crippen LogP contribution in [0.5, 0.6) is 0 Å². The molecule has 0 unspecified atom stereocenters. The van der Waals surface area contributed by atoms with Gasteiger partial charge in [0.05, 0.1) is 12.1 Å². The topological polar surface area (TPSA) is 17.8 Å². The van der Waals surface area contributed by atoms with Crippen LogP contribution in [-0.2, 0) is 6.54 Å². The lowest BCUT2D eigenvalue weighted by atomic mass is 10.2. The lowest BCUT2D eigenvalue weighted by Gasteiger charge is -2.04. The predicted molar refractivity (Wildman–Crippen MR) is 77.9 cm³/mol. The summed E-state index contributed by atoms with van der Waals surface area (Å²) in [7, 11) is 0. The van der Waals surface area contributed by atoms with Crippen molar-refractivity contribution in [2.75, 3.05) is 0 Å². The van der Waals surface area contributed by atoms with E-state index in [9.17, 15) is 8.78 Å². The Morgan fingerprint density at radius 2 is 1.89 bits per heavy atom. The van der Waals surface area contributed by atoms with E-state index in [1.807, 2.05) is 0 Å². The van der Waals surface area contributed by atoms with Crippen LogP contribution >= 0.6 is 22.6 Å². The van der Waals surface area contributed by atoms with E-state index in [-0.39, 0.29) is 11.6 Å². The van der Waals surface area contributed by atoms with Gasteiger partial charge in [0, 0.05) is 10.9 Å². The van der Waals surface area contributed by atoms with Gasteiger partial charge in [-0.05, 0) is 46.9 Å². The van der Waals surface area contributed by atoms with Gasteiger partial charge < -0.3 is 0 Å². The van der Waals surface area contributed by atoms with E-state index < -0.39 is 0 Å². The summed E-state index contributed by atoms with van der Waals surface area (Å²) < 4.78 is 29.3. The molecule has 1 heterocycles. The summed E-state index contributed by atoms with van der Waals surface area (Å²) >= 11 is 2.05. The Morgan fingerprint density at radius 3 is 2.68 bits per heavy atom. The summed E-state index contributed by atoms with van der Waals surface area (Å²) in [4.78, 5) is 0. The minimum absolute atomic E-state index is 0.261. The molecular formula is C14H9F2IN2. The van der Waals surface area contributed by atoms with E-state index in [2.05, 4.69) is 27.7 Å². The first-order valence-corrected chi connectivity index (χ1v) is 6.78. The first-order chi connectivity index (χ1) is 9.15. The molecule has 96 valence electrons. The highest BCUT2D eigenvalue weighted by Gasteiger charge is 2.11. The molecule has 0 amide bonds. The van der Waals surface area contributed by atoms with Crippen LogP contribution in [0.1, 0.15) is 5.56 Å². The quantitative estimate of drug-likeness (QED) is 0.625. The molecule has 3 aromatic rings. The van der Waals surface area contributed by atoms with Crippen molar-refractivity contribution in [2.24, 2.45) is 0 Å². The molecule has 0 atom stereocenters. The second-order valence-electron chi connectivity index (χ2n) is 4.20. The van der Waals surface area contributed by atoms with Crippen LogP contribution in [0.4, 0.5) is 8.78 Å². The van der Waals surface area contributed by atoms with Gasteiger partial charge in [-0.3, -0.25) is 4.68 Å². The molecule has 0 aliphatic rings. The van der Waals surface area contributed by atoms with Crippen LogP contribution in [0.3, 0.4) is 0 Å². The van der Waals surface area contributed by atoms with Gasteiger partial charge in [-0.25, -0.2) is 8.78 Å². The van der Waals surface area contributed by atoms with E-state index >= 15 is 0 Å². The van der Waals surface area contributed by atoms with Gasteiger partial charge in [-0.2, -0.15) is 5.10 Å². The van der Waals surface area contributed by atoms with Gasteiger partial charge in [0.2, 0.25) is 0 Å². The molecule has 0 saturated heterocycles. The third-order valence-electron chi connectivity index (χ3n) is 2.95. The van der Waals surface area contributed by atoms with Gasteiger partial charge in [0.25, 0.3) is 0 Å². The van der Waals surface area contributed by atoms with Crippen molar-refractivity contribution in [1.29, 1.82) is 0 Å². The number of halogens is 3. The Hall–Kier alpha value is -1.50. The molecule has 5 heteroatoms. The average molecular weight is 370 g/mol. The number of aromatic nitrogens is 2. The molecule has 1 aromatic heterocycles. The zero-order chi connectivity index (χ0) is 13.4. The largest absolute Gasteiger partial charge is 0.259 e. The molecule has 2 nitrogen and oxygen atoms in total. The molecule has 0 spiro atoms. The highest BCUT2D eigenvalue weighted by Crippen LogP contribution is 2.22. The Labute approximate surface area is 122 Å². The fourth-order valence-corrected chi connectivity index (χ4v) is 2.71. The molecule has 0 radical (unpaired) electrons. The monoisotopic (exact) mass is 370 g/mol. The molecule has 0 bridgehead atoms. The summed E-state index contributed by atoms with van der Waals surface area (Å²) in [5.41, 5.74) is 1.36. The van der Waals surface area contributed by atoms with E-state index in [1.165, 1.54) is 18.2 Å². The predicted octanol–water partition coefficient (Wildman–Crippen LogP) is 3.97. The standard InChI is InChI=1S/C14H9F2IN2/c15-10-5-6-13-11(7-10)14(17)18-19(13)8-9-3-1-2-4-12(9)16/h1-7H,8H2. The van der Waals surface area contributed by atoms with E-state index in [4.69, 9.17) is 0 Å². The normalized spacial score (nSPS) is 11.1. The van der Waals surface area contributed by atoms with Crippen LogP contribution in [0, 0.1) is 15.3 Å². The van der Waals surface area contributed by atoms with Crippen molar-refractivity contribution in [1.82, 2.24) is 9.78 Å². The number of benzene rings is 2. The van der Waals surface area contributed by atoms with Gasteiger partial charge in [0.15, 0.2) is 0 Å². The molecule has 3 rings (SSSR count). The summed E-state index contributed by atoms with van der Waals surface area (Å²) in [5.74, 6) is -0.556. The zero-order valence-corrected chi connectivity index (χ0v) is 11.9. The average Bonchev–Trinajstić information content (AvgIpc) is 2.69. The maximum Gasteiger partial charge on any atom is 0.131 e. The first-order valence-electron chi connectivity index (χ1n) is 5.70. The van der Waals surface area contributed by atoms with Crippen molar-refractivity contribution in [3.05, 3.63) is 63.4 Å². The lowest BCUT2D eigenvalue weighted by molar-refractivity contribution is 0.589. The van der Waals surface area contributed by atoms with Crippen LogP contribution < -0.4 is 0 Å². The Bertz CT molecular complexity index is 752. The first kappa shape index (κ1) is 12.5. The summed E-state index contributed by atoms with van der Waals surface area (Å²) in [6.07, 6.45) is 0. The fraction of sp³-hybridized carbons (Fsp3) is 0.0714. The maximum absolute atomic E-state index is 13.6. The number of rotatable bonds is 2.